The van der Waals surface area contributed by atoms with E-state index in [0.717, 1.165) is 5.52 Å². The third kappa shape index (κ3) is 1.92. The smallest absolute Gasteiger partial charge is 0.246 e. The van der Waals surface area contributed by atoms with Gasteiger partial charge in [-0.05, 0) is 25.5 Å². The second kappa shape index (κ2) is 4.04. The van der Waals surface area contributed by atoms with Crippen molar-refractivity contribution in [3.05, 3.63) is 35.2 Å². The van der Waals surface area contributed by atoms with Crippen molar-refractivity contribution < 1.29 is 8.91 Å². The van der Waals surface area contributed by atoms with E-state index < -0.39 is 0 Å². The molecule has 6 nitrogen and oxygen atoms in total. The highest BCUT2D eigenvalue weighted by atomic mass is 19.1. The third-order valence-electron chi connectivity index (χ3n) is 2.92. The van der Waals surface area contributed by atoms with Crippen molar-refractivity contribution in [2.24, 2.45) is 0 Å². The van der Waals surface area contributed by atoms with Crippen LogP contribution in [0.3, 0.4) is 0 Å². The second-order valence-corrected chi connectivity index (χ2v) is 4.38. The molecule has 0 aliphatic carbocycles. The van der Waals surface area contributed by atoms with Crippen molar-refractivity contribution in [1.82, 2.24) is 19.7 Å². The highest BCUT2D eigenvalue weighted by molar-refractivity contribution is 5.79. The predicted octanol–water partition coefficient (Wildman–Crippen LogP) is 1.81. The maximum atomic E-state index is 13.5. The monoisotopic (exact) mass is 261 g/mol. The summed E-state index contributed by atoms with van der Waals surface area (Å²) in [5.41, 5.74) is 7.64. The molecular formula is C12H12FN5O. The summed E-state index contributed by atoms with van der Waals surface area (Å²) in [6.45, 7) is 3.75. The molecule has 2 aromatic heterocycles. The van der Waals surface area contributed by atoms with E-state index in [4.69, 9.17) is 10.3 Å². The Balaban J connectivity index is 2.12. The van der Waals surface area contributed by atoms with E-state index >= 15 is 0 Å². The van der Waals surface area contributed by atoms with Crippen LogP contribution in [0.5, 0.6) is 0 Å². The van der Waals surface area contributed by atoms with Gasteiger partial charge in [-0.3, -0.25) is 0 Å². The molecule has 0 aliphatic rings. The molecular weight excluding hydrogens is 249 g/mol. The Morgan fingerprint density at radius 3 is 2.79 bits per heavy atom. The van der Waals surface area contributed by atoms with Gasteiger partial charge in [0, 0.05) is 6.07 Å². The lowest BCUT2D eigenvalue weighted by Crippen LogP contribution is -2.05. The van der Waals surface area contributed by atoms with Crippen molar-refractivity contribution in [2.75, 3.05) is 5.73 Å². The zero-order chi connectivity index (χ0) is 13.6. The minimum absolute atomic E-state index is 0.288. The molecule has 2 N–H and O–H groups in total. The van der Waals surface area contributed by atoms with Crippen molar-refractivity contribution in [3.8, 4) is 0 Å². The van der Waals surface area contributed by atoms with Gasteiger partial charge in [-0.1, -0.05) is 5.16 Å². The summed E-state index contributed by atoms with van der Waals surface area (Å²) in [6.07, 6.45) is 0. The summed E-state index contributed by atoms with van der Waals surface area (Å²) >= 11 is 0. The fourth-order valence-electron chi connectivity index (χ4n) is 1.97. The van der Waals surface area contributed by atoms with Crippen LogP contribution in [0.25, 0.3) is 11.0 Å². The molecule has 0 bridgehead atoms. The summed E-state index contributed by atoms with van der Waals surface area (Å²) in [5, 5.41) is 3.72. The zero-order valence-electron chi connectivity index (χ0n) is 10.5. The standard InChI is InChI=1S/C12H12FN5O/c1-6-3-10-9(4-8(6)13)16-12(14)18(10)5-11-15-7(2)17-19-11/h3-4H,5H2,1-2H3,(H2,14,16). The Bertz CT molecular complexity index is 761. The molecule has 19 heavy (non-hydrogen) atoms. The largest absolute Gasteiger partial charge is 0.369 e. The first-order valence-corrected chi connectivity index (χ1v) is 5.75. The van der Waals surface area contributed by atoms with E-state index in [1.807, 2.05) is 0 Å². The number of hydrogen-bond acceptors (Lipinski definition) is 5. The Hall–Kier alpha value is -2.44. The summed E-state index contributed by atoms with van der Waals surface area (Å²) in [5.74, 6) is 0.979. The van der Waals surface area contributed by atoms with Crippen LogP contribution in [-0.4, -0.2) is 19.7 Å². The van der Waals surface area contributed by atoms with Crippen LogP contribution in [-0.2, 0) is 6.54 Å². The number of anilines is 1. The maximum Gasteiger partial charge on any atom is 0.246 e. The number of benzene rings is 1. The van der Waals surface area contributed by atoms with Gasteiger partial charge in [-0.15, -0.1) is 0 Å². The fraction of sp³-hybridized carbons (Fsp3) is 0.250. The van der Waals surface area contributed by atoms with Gasteiger partial charge in [0.25, 0.3) is 0 Å². The van der Waals surface area contributed by atoms with Gasteiger partial charge in [0.15, 0.2) is 5.82 Å². The lowest BCUT2D eigenvalue weighted by Gasteiger charge is -2.03. The Kier molecular flexibility index (Phi) is 2.48. The predicted molar refractivity (Wildman–Crippen MR) is 67.0 cm³/mol. The molecule has 1 aromatic carbocycles. The van der Waals surface area contributed by atoms with Gasteiger partial charge in [0.1, 0.15) is 12.4 Å². The van der Waals surface area contributed by atoms with Gasteiger partial charge in [-0.2, -0.15) is 4.98 Å². The minimum Gasteiger partial charge on any atom is -0.369 e. The lowest BCUT2D eigenvalue weighted by molar-refractivity contribution is 0.369. The molecule has 2 heterocycles. The lowest BCUT2D eigenvalue weighted by atomic mass is 10.2. The fourth-order valence-corrected chi connectivity index (χ4v) is 1.97. The first kappa shape index (κ1) is 11.6. The molecule has 0 unspecified atom stereocenters. The Morgan fingerprint density at radius 2 is 2.11 bits per heavy atom. The number of halogens is 1. The van der Waals surface area contributed by atoms with E-state index in [9.17, 15) is 4.39 Å². The van der Waals surface area contributed by atoms with Crippen LogP contribution >= 0.6 is 0 Å². The van der Waals surface area contributed by atoms with Crippen molar-refractivity contribution >= 4 is 17.0 Å². The van der Waals surface area contributed by atoms with Crippen LogP contribution in [0.1, 0.15) is 17.3 Å². The second-order valence-electron chi connectivity index (χ2n) is 4.38. The SMILES string of the molecule is Cc1noc(Cn2c(N)nc3cc(F)c(C)cc32)n1. The maximum absolute atomic E-state index is 13.5. The van der Waals surface area contributed by atoms with Crippen LogP contribution in [0, 0.1) is 19.7 Å². The molecule has 3 aromatic rings. The summed E-state index contributed by atoms with van der Waals surface area (Å²) in [6, 6.07) is 3.08. The van der Waals surface area contributed by atoms with Crippen molar-refractivity contribution in [3.63, 3.8) is 0 Å². The van der Waals surface area contributed by atoms with Crippen molar-refractivity contribution in [2.45, 2.75) is 20.4 Å². The highest BCUT2D eigenvalue weighted by Crippen LogP contribution is 2.22. The van der Waals surface area contributed by atoms with Crippen molar-refractivity contribution in [1.29, 1.82) is 0 Å². The number of nitrogen functional groups attached to an aromatic ring is 1. The van der Waals surface area contributed by atoms with Gasteiger partial charge in [0.2, 0.25) is 11.8 Å². The van der Waals surface area contributed by atoms with Crippen LogP contribution in [0.4, 0.5) is 10.3 Å². The van der Waals surface area contributed by atoms with E-state index in [2.05, 4.69) is 15.1 Å². The quantitative estimate of drug-likeness (QED) is 0.760. The average Bonchev–Trinajstić information content (AvgIpc) is 2.87. The normalized spacial score (nSPS) is 11.3. The third-order valence-corrected chi connectivity index (χ3v) is 2.92. The topological polar surface area (TPSA) is 82.8 Å². The zero-order valence-corrected chi connectivity index (χ0v) is 10.5. The number of hydrogen-bond donors (Lipinski definition) is 1. The molecule has 0 saturated heterocycles. The van der Waals surface area contributed by atoms with Crippen LogP contribution < -0.4 is 5.73 Å². The van der Waals surface area contributed by atoms with Gasteiger partial charge < -0.3 is 14.8 Å². The molecule has 0 aliphatic heterocycles. The first-order valence-electron chi connectivity index (χ1n) is 5.75. The molecule has 7 heteroatoms. The molecule has 0 saturated carbocycles. The summed E-state index contributed by atoms with van der Waals surface area (Å²) < 4.78 is 20.3. The number of nitrogens with zero attached hydrogens (tertiary/aromatic N) is 4. The molecule has 0 amide bonds. The van der Waals surface area contributed by atoms with E-state index in [0.29, 0.717) is 29.3 Å². The minimum atomic E-state index is -0.300. The number of fused-ring (bicyclic) bond motifs is 1. The Labute approximate surface area is 108 Å². The first-order chi connectivity index (χ1) is 9.04. The van der Waals surface area contributed by atoms with E-state index in [-0.39, 0.29) is 11.8 Å². The molecule has 0 fully saturated rings. The van der Waals surface area contributed by atoms with Crippen LogP contribution in [0.2, 0.25) is 0 Å². The van der Waals surface area contributed by atoms with Gasteiger partial charge >= 0.3 is 0 Å². The highest BCUT2D eigenvalue weighted by Gasteiger charge is 2.13. The Morgan fingerprint density at radius 1 is 1.32 bits per heavy atom. The summed E-state index contributed by atoms with van der Waals surface area (Å²) in [4.78, 5) is 8.25. The number of nitrogens with two attached hydrogens (primary N) is 1. The van der Waals surface area contributed by atoms with E-state index in [1.54, 1.807) is 24.5 Å². The number of aryl methyl sites for hydroxylation is 2. The number of aromatic nitrogens is 4. The number of imidazole rings is 1. The number of rotatable bonds is 2. The van der Waals surface area contributed by atoms with E-state index in [1.165, 1.54) is 6.07 Å². The van der Waals surface area contributed by atoms with Gasteiger partial charge in [-0.25, -0.2) is 9.37 Å². The molecule has 0 spiro atoms. The summed E-state index contributed by atoms with van der Waals surface area (Å²) in [7, 11) is 0. The molecule has 98 valence electrons. The molecule has 0 atom stereocenters. The average molecular weight is 261 g/mol. The molecule has 0 radical (unpaired) electrons. The van der Waals surface area contributed by atoms with Crippen LogP contribution in [0.15, 0.2) is 16.7 Å². The van der Waals surface area contributed by atoms with Gasteiger partial charge in [0.05, 0.1) is 11.0 Å². The molecule has 3 rings (SSSR count).